The summed E-state index contributed by atoms with van der Waals surface area (Å²) in [5.41, 5.74) is 1.72. The molecule has 3 heterocycles. The molecular weight excluding hydrogens is 404 g/mol. The Labute approximate surface area is 178 Å². The molecule has 1 N–H and O–H groups in total. The molecular formula is C21H24N4O2S2. The summed E-state index contributed by atoms with van der Waals surface area (Å²) in [5, 5.41) is 4.68. The number of thioether (sulfide) groups is 1. The first kappa shape index (κ1) is 20.0. The molecule has 8 heteroatoms. The van der Waals surface area contributed by atoms with Crippen molar-refractivity contribution in [2.75, 3.05) is 36.7 Å². The molecule has 0 spiro atoms. The summed E-state index contributed by atoms with van der Waals surface area (Å²) < 4.78 is 5.38. The second-order valence-electron chi connectivity index (χ2n) is 7.07. The van der Waals surface area contributed by atoms with Crippen LogP contribution in [0.5, 0.6) is 5.75 Å². The van der Waals surface area contributed by atoms with Crippen LogP contribution in [0.25, 0.3) is 10.2 Å². The molecule has 1 amide bonds. The van der Waals surface area contributed by atoms with E-state index in [1.165, 1.54) is 42.4 Å². The van der Waals surface area contributed by atoms with Gasteiger partial charge in [-0.15, -0.1) is 11.3 Å². The van der Waals surface area contributed by atoms with Crippen LogP contribution in [0.15, 0.2) is 29.4 Å². The highest BCUT2D eigenvalue weighted by Crippen LogP contribution is 2.35. The molecule has 1 aromatic carbocycles. The molecule has 0 unspecified atom stereocenters. The average molecular weight is 429 g/mol. The molecule has 0 saturated carbocycles. The fraction of sp³-hybridized carbons (Fsp3) is 0.381. The molecule has 6 nitrogen and oxygen atoms in total. The van der Waals surface area contributed by atoms with Gasteiger partial charge in [0, 0.05) is 13.1 Å². The Balaban J connectivity index is 1.69. The van der Waals surface area contributed by atoms with E-state index in [1.807, 2.05) is 37.4 Å². The number of hydrogen-bond acceptors (Lipinski definition) is 7. The predicted octanol–water partition coefficient (Wildman–Crippen LogP) is 4.97. The number of piperidine rings is 1. The number of rotatable bonds is 5. The Hall–Kier alpha value is -2.32. The minimum atomic E-state index is -0.160. The molecule has 3 aromatic rings. The van der Waals surface area contributed by atoms with Crippen molar-refractivity contribution in [3.63, 3.8) is 0 Å². The Morgan fingerprint density at radius 2 is 2.00 bits per heavy atom. The summed E-state index contributed by atoms with van der Waals surface area (Å²) in [5.74, 6) is 1.43. The number of methoxy groups -OCH3 is 1. The molecule has 0 aliphatic carbocycles. The SMILES string of the molecule is COc1ccc(C)cc1NC(=O)c1cc2c(N3CCCCC3)nc(SC)nc2s1. The number of fused-ring (bicyclic) bond motifs is 1. The maximum atomic E-state index is 13.0. The molecule has 29 heavy (non-hydrogen) atoms. The van der Waals surface area contributed by atoms with Crippen molar-refractivity contribution in [2.24, 2.45) is 0 Å². The third-order valence-corrected chi connectivity index (χ3v) is 6.59. The molecule has 0 atom stereocenters. The van der Waals surface area contributed by atoms with Crippen LogP contribution in [-0.2, 0) is 0 Å². The van der Waals surface area contributed by atoms with E-state index in [0.717, 1.165) is 39.8 Å². The van der Waals surface area contributed by atoms with Gasteiger partial charge in [0.05, 0.1) is 23.1 Å². The van der Waals surface area contributed by atoms with E-state index in [4.69, 9.17) is 9.72 Å². The van der Waals surface area contributed by atoms with Crippen LogP contribution in [0.4, 0.5) is 11.5 Å². The Kier molecular flexibility index (Phi) is 5.91. The first-order chi connectivity index (χ1) is 14.1. The summed E-state index contributed by atoms with van der Waals surface area (Å²) in [6.45, 7) is 3.98. The number of ether oxygens (including phenoxy) is 1. The fourth-order valence-electron chi connectivity index (χ4n) is 3.54. The number of nitrogens with one attached hydrogen (secondary N) is 1. The van der Waals surface area contributed by atoms with Gasteiger partial charge in [-0.3, -0.25) is 4.79 Å². The number of carbonyl (C=O) groups excluding carboxylic acids is 1. The summed E-state index contributed by atoms with van der Waals surface area (Å²) in [4.78, 5) is 26.2. The van der Waals surface area contributed by atoms with Crippen molar-refractivity contribution < 1.29 is 9.53 Å². The number of hydrogen-bond donors (Lipinski definition) is 1. The zero-order chi connectivity index (χ0) is 20.4. The van der Waals surface area contributed by atoms with Gasteiger partial charge < -0.3 is 15.0 Å². The van der Waals surface area contributed by atoms with E-state index >= 15 is 0 Å². The standard InChI is InChI=1S/C21H24N4O2S2/c1-13-7-8-16(27-2)15(11-13)22-19(26)17-12-14-18(25-9-5-4-6-10-25)23-21(28-3)24-20(14)29-17/h7-8,11-12H,4-6,9-10H2,1-3H3,(H,22,26). The normalized spacial score (nSPS) is 14.2. The van der Waals surface area contributed by atoms with E-state index in [0.29, 0.717) is 16.3 Å². The zero-order valence-electron chi connectivity index (χ0n) is 16.8. The predicted molar refractivity (Wildman–Crippen MR) is 121 cm³/mol. The summed E-state index contributed by atoms with van der Waals surface area (Å²) in [6, 6.07) is 7.65. The molecule has 0 bridgehead atoms. The molecule has 1 aliphatic rings. The lowest BCUT2D eigenvalue weighted by Gasteiger charge is -2.28. The Morgan fingerprint density at radius 1 is 1.21 bits per heavy atom. The van der Waals surface area contributed by atoms with Gasteiger partial charge in [0.2, 0.25) is 0 Å². The summed E-state index contributed by atoms with van der Waals surface area (Å²) in [7, 11) is 1.60. The first-order valence-electron chi connectivity index (χ1n) is 9.65. The molecule has 4 rings (SSSR count). The minimum Gasteiger partial charge on any atom is -0.495 e. The largest absolute Gasteiger partial charge is 0.495 e. The first-order valence-corrected chi connectivity index (χ1v) is 11.7. The van der Waals surface area contributed by atoms with E-state index in [2.05, 4.69) is 15.2 Å². The zero-order valence-corrected chi connectivity index (χ0v) is 18.5. The maximum Gasteiger partial charge on any atom is 0.265 e. The summed E-state index contributed by atoms with van der Waals surface area (Å²) >= 11 is 2.94. The van der Waals surface area contributed by atoms with Crippen molar-refractivity contribution in [3.05, 3.63) is 34.7 Å². The molecule has 152 valence electrons. The number of aryl methyl sites for hydroxylation is 1. The third kappa shape index (κ3) is 4.18. The fourth-order valence-corrected chi connectivity index (χ4v) is 4.88. The van der Waals surface area contributed by atoms with E-state index in [1.54, 1.807) is 7.11 Å². The van der Waals surface area contributed by atoms with Crippen molar-refractivity contribution >= 4 is 50.7 Å². The highest BCUT2D eigenvalue weighted by Gasteiger charge is 2.21. The highest BCUT2D eigenvalue weighted by molar-refractivity contribution is 7.98. The van der Waals surface area contributed by atoms with Crippen LogP contribution < -0.4 is 15.0 Å². The Morgan fingerprint density at radius 3 is 2.72 bits per heavy atom. The topological polar surface area (TPSA) is 67.3 Å². The lowest BCUT2D eigenvalue weighted by Crippen LogP contribution is -2.30. The van der Waals surface area contributed by atoms with Crippen molar-refractivity contribution in [3.8, 4) is 5.75 Å². The van der Waals surface area contributed by atoms with Crippen molar-refractivity contribution in [1.29, 1.82) is 0 Å². The quantitative estimate of drug-likeness (QED) is 0.457. The van der Waals surface area contributed by atoms with E-state index < -0.39 is 0 Å². The van der Waals surface area contributed by atoms with Gasteiger partial charge in [-0.05, 0) is 56.2 Å². The maximum absolute atomic E-state index is 13.0. The lowest BCUT2D eigenvalue weighted by atomic mass is 10.1. The van der Waals surface area contributed by atoms with Gasteiger partial charge in [-0.2, -0.15) is 0 Å². The van der Waals surface area contributed by atoms with Crippen LogP contribution >= 0.6 is 23.1 Å². The summed E-state index contributed by atoms with van der Waals surface area (Å²) in [6.07, 6.45) is 5.58. The van der Waals surface area contributed by atoms with Gasteiger partial charge in [0.1, 0.15) is 16.4 Å². The van der Waals surface area contributed by atoms with Gasteiger partial charge in [0.25, 0.3) is 5.91 Å². The van der Waals surface area contributed by atoms with Crippen LogP contribution in [-0.4, -0.2) is 42.3 Å². The molecule has 2 aromatic heterocycles. The van der Waals surface area contributed by atoms with E-state index in [-0.39, 0.29) is 5.91 Å². The van der Waals surface area contributed by atoms with E-state index in [9.17, 15) is 4.79 Å². The van der Waals surface area contributed by atoms with Crippen molar-refractivity contribution in [2.45, 2.75) is 31.3 Å². The molecule has 0 radical (unpaired) electrons. The van der Waals surface area contributed by atoms with Crippen LogP contribution in [0, 0.1) is 6.92 Å². The molecule has 1 fully saturated rings. The molecule has 1 saturated heterocycles. The van der Waals surface area contributed by atoms with Crippen LogP contribution in [0.3, 0.4) is 0 Å². The third-order valence-electron chi connectivity index (χ3n) is 5.02. The number of amides is 1. The van der Waals surface area contributed by atoms with Crippen molar-refractivity contribution in [1.82, 2.24) is 9.97 Å². The second kappa shape index (κ2) is 8.59. The van der Waals surface area contributed by atoms with Gasteiger partial charge in [-0.25, -0.2) is 9.97 Å². The van der Waals surface area contributed by atoms with Gasteiger partial charge in [-0.1, -0.05) is 17.8 Å². The number of aromatic nitrogens is 2. The number of anilines is 2. The number of thiophene rings is 1. The lowest BCUT2D eigenvalue weighted by molar-refractivity contribution is 0.103. The number of carbonyl (C=O) groups is 1. The monoisotopic (exact) mass is 428 g/mol. The highest BCUT2D eigenvalue weighted by atomic mass is 32.2. The smallest absolute Gasteiger partial charge is 0.265 e. The van der Waals surface area contributed by atoms with Crippen LogP contribution in [0.2, 0.25) is 0 Å². The number of benzene rings is 1. The van der Waals surface area contributed by atoms with Gasteiger partial charge >= 0.3 is 0 Å². The molecule has 1 aliphatic heterocycles. The Bertz CT molecular complexity index is 1040. The van der Waals surface area contributed by atoms with Gasteiger partial charge in [0.15, 0.2) is 5.16 Å². The van der Waals surface area contributed by atoms with Crippen LogP contribution in [0.1, 0.15) is 34.5 Å². The second-order valence-corrected chi connectivity index (χ2v) is 8.87. The average Bonchev–Trinajstić information content (AvgIpc) is 3.18. The minimum absolute atomic E-state index is 0.160. The number of nitrogens with zero attached hydrogens (tertiary/aromatic N) is 3.